The molecular weight excluding hydrogens is 414 g/mol. The van der Waals surface area contributed by atoms with Crippen molar-refractivity contribution in [3.05, 3.63) is 95.5 Å². The van der Waals surface area contributed by atoms with Crippen molar-refractivity contribution in [3.63, 3.8) is 0 Å². The van der Waals surface area contributed by atoms with Crippen LogP contribution in [-0.4, -0.2) is 5.96 Å². The lowest BCUT2D eigenvalue weighted by molar-refractivity contribution is 0.484. The Hall–Kier alpha value is -3.15. The van der Waals surface area contributed by atoms with Gasteiger partial charge >= 0.3 is 0 Å². The van der Waals surface area contributed by atoms with Crippen LogP contribution >= 0.6 is 23.5 Å². The van der Waals surface area contributed by atoms with Gasteiger partial charge in [0, 0.05) is 0 Å². The van der Waals surface area contributed by atoms with Crippen molar-refractivity contribution < 1.29 is 4.74 Å². The molecule has 0 aliphatic carbocycles. The molecule has 0 saturated heterocycles. The summed E-state index contributed by atoms with van der Waals surface area (Å²) in [4.78, 5) is 5.75. The molecule has 1 aliphatic rings. The molecule has 0 aromatic heterocycles. The molecular formula is C24H18ClN3OS. The molecule has 0 amide bonds. The summed E-state index contributed by atoms with van der Waals surface area (Å²) in [7, 11) is 0. The highest BCUT2D eigenvalue weighted by atomic mass is 35.5. The van der Waals surface area contributed by atoms with Gasteiger partial charge in [0.1, 0.15) is 5.75 Å². The van der Waals surface area contributed by atoms with E-state index in [0.29, 0.717) is 29.0 Å². The smallest absolute Gasteiger partial charge is 0.206 e. The molecule has 1 heterocycles. The van der Waals surface area contributed by atoms with Crippen LogP contribution < -0.4 is 14.8 Å². The first kappa shape index (κ1) is 18.9. The molecule has 4 aromatic rings. The van der Waals surface area contributed by atoms with Crippen molar-refractivity contribution in [2.75, 3.05) is 5.32 Å². The van der Waals surface area contributed by atoms with E-state index in [4.69, 9.17) is 21.3 Å². The molecule has 4 nitrogen and oxygen atoms in total. The Bertz CT molecular complexity index is 1260. The van der Waals surface area contributed by atoms with Gasteiger partial charge in [0.25, 0.3) is 0 Å². The van der Waals surface area contributed by atoms with Gasteiger partial charge < -0.3 is 10.1 Å². The van der Waals surface area contributed by atoms with Crippen molar-refractivity contribution in [1.29, 1.82) is 0 Å². The fourth-order valence-corrected chi connectivity index (χ4v) is 4.17. The summed E-state index contributed by atoms with van der Waals surface area (Å²) in [6.07, 6.45) is 0. The fraction of sp³-hybridized carbons (Fsp3) is 0.0417. The number of para-hydroxylation sites is 2. The summed E-state index contributed by atoms with van der Waals surface area (Å²) in [5, 5.41) is 6.38. The van der Waals surface area contributed by atoms with Gasteiger partial charge in [-0.05, 0) is 58.6 Å². The second-order valence-electron chi connectivity index (χ2n) is 6.84. The van der Waals surface area contributed by atoms with Crippen LogP contribution in [0.3, 0.4) is 0 Å². The standard InChI is InChI=1S/C24H18ClN3OS/c25-19-8-3-4-9-20(19)29-21-10-5-11-22-23(21)27-24(28-30-22)26-15-16-12-13-17-6-1-2-7-18(17)14-16/h1-14H,15H2,(H2,26,27,28). The topological polar surface area (TPSA) is 45.6 Å². The molecule has 0 bridgehead atoms. The molecule has 0 saturated carbocycles. The van der Waals surface area contributed by atoms with E-state index in [-0.39, 0.29) is 0 Å². The lowest BCUT2D eigenvalue weighted by Crippen LogP contribution is -2.29. The first-order chi connectivity index (χ1) is 14.8. The Kier molecular flexibility index (Phi) is 5.22. The molecule has 0 radical (unpaired) electrons. The van der Waals surface area contributed by atoms with Crippen molar-refractivity contribution in [2.45, 2.75) is 11.4 Å². The molecule has 1 aliphatic heterocycles. The Labute approximate surface area is 184 Å². The minimum atomic E-state index is 0.571. The zero-order valence-electron chi connectivity index (χ0n) is 15.9. The quantitative estimate of drug-likeness (QED) is 0.346. The van der Waals surface area contributed by atoms with Gasteiger partial charge in [0.2, 0.25) is 5.96 Å². The largest absolute Gasteiger partial charge is 0.454 e. The summed E-state index contributed by atoms with van der Waals surface area (Å²) in [6.45, 7) is 0.573. The highest BCUT2D eigenvalue weighted by Crippen LogP contribution is 2.40. The van der Waals surface area contributed by atoms with Crippen LogP contribution in [0.15, 0.2) is 94.8 Å². The van der Waals surface area contributed by atoms with E-state index in [1.165, 1.54) is 22.7 Å². The maximum atomic E-state index is 6.26. The highest BCUT2D eigenvalue weighted by Gasteiger charge is 2.19. The number of benzene rings is 4. The van der Waals surface area contributed by atoms with Crippen molar-refractivity contribution in [2.24, 2.45) is 4.99 Å². The van der Waals surface area contributed by atoms with Crippen LogP contribution in [0.1, 0.15) is 5.56 Å². The van der Waals surface area contributed by atoms with Gasteiger partial charge in [-0.1, -0.05) is 66.2 Å². The number of ether oxygens (including phenoxy) is 1. The van der Waals surface area contributed by atoms with Gasteiger partial charge in [0.15, 0.2) is 5.75 Å². The highest BCUT2D eigenvalue weighted by molar-refractivity contribution is 7.98. The van der Waals surface area contributed by atoms with E-state index in [9.17, 15) is 0 Å². The third-order valence-electron chi connectivity index (χ3n) is 4.78. The van der Waals surface area contributed by atoms with Crippen LogP contribution in [0.4, 0.5) is 5.69 Å². The summed E-state index contributed by atoms with van der Waals surface area (Å²) >= 11 is 7.77. The zero-order chi connectivity index (χ0) is 20.3. The number of hydrogen-bond donors (Lipinski definition) is 2. The molecule has 148 valence electrons. The van der Waals surface area contributed by atoms with E-state index >= 15 is 0 Å². The molecule has 0 atom stereocenters. The van der Waals surface area contributed by atoms with Crippen LogP contribution in [0.2, 0.25) is 5.02 Å². The number of guanidine groups is 1. The minimum Gasteiger partial charge on any atom is -0.454 e. The van der Waals surface area contributed by atoms with E-state index < -0.39 is 0 Å². The number of hydrogen-bond acceptors (Lipinski definition) is 3. The number of halogens is 1. The summed E-state index contributed by atoms with van der Waals surface area (Å²) in [5.41, 5.74) is 2.03. The van der Waals surface area contributed by atoms with Crippen LogP contribution in [0.5, 0.6) is 11.5 Å². The van der Waals surface area contributed by atoms with Crippen LogP contribution in [0.25, 0.3) is 10.8 Å². The van der Waals surface area contributed by atoms with Gasteiger partial charge in [-0.15, -0.1) is 0 Å². The van der Waals surface area contributed by atoms with Gasteiger partial charge in [-0.2, -0.15) is 0 Å². The number of nitrogens with one attached hydrogen (secondary N) is 2. The molecule has 0 fully saturated rings. The number of anilines is 1. The van der Waals surface area contributed by atoms with Gasteiger partial charge in [0.05, 0.1) is 22.2 Å². The number of rotatable bonds is 4. The normalized spacial score (nSPS) is 14.1. The van der Waals surface area contributed by atoms with Crippen molar-refractivity contribution >= 4 is 46.0 Å². The number of fused-ring (bicyclic) bond motifs is 2. The Morgan fingerprint density at radius 1 is 0.833 bits per heavy atom. The Morgan fingerprint density at radius 3 is 2.53 bits per heavy atom. The molecule has 0 unspecified atom stereocenters. The SMILES string of the molecule is Clc1ccccc1Oc1cccc2c1NC(=NCc1ccc3ccccc3c1)NS2. The van der Waals surface area contributed by atoms with E-state index in [1.807, 2.05) is 42.5 Å². The monoisotopic (exact) mass is 431 g/mol. The Balaban J connectivity index is 1.37. The second-order valence-corrected chi connectivity index (χ2v) is 8.09. The second kappa shape index (κ2) is 8.30. The Morgan fingerprint density at radius 2 is 1.63 bits per heavy atom. The number of nitrogens with zero attached hydrogens (tertiary/aromatic N) is 1. The zero-order valence-corrected chi connectivity index (χ0v) is 17.5. The lowest BCUT2D eigenvalue weighted by atomic mass is 10.1. The predicted molar refractivity (Wildman–Crippen MR) is 126 cm³/mol. The predicted octanol–water partition coefficient (Wildman–Crippen LogP) is 6.86. The maximum Gasteiger partial charge on any atom is 0.206 e. The number of aliphatic imine (C=N–C) groups is 1. The van der Waals surface area contributed by atoms with Crippen LogP contribution in [-0.2, 0) is 6.54 Å². The third kappa shape index (κ3) is 3.95. The summed E-state index contributed by atoms with van der Waals surface area (Å²) in [6, 6.07) is 28.1. The maximum absolute atomic E-state index is 6.26. The molecule has 6 heteroatoms. The summed E-state index contributed by atoms with van der Waals surface area (Å²) < 4.78 is 9.34. The summed E-state index contributed by atoms with van der Waals surface area (Å²) in [5.74, 6) is 2.01. The van der Waals surface area contributed by atoms with E-state index in [1.54, 1.807) is 0 Å². The first-order valence-electron chi connectivity index (χ1n) is 9.54. The van der Waals surface area contributed by atoms with Gasteiger partial charge in [-0.3, -0.25) is 4.72 Å². The fourth-order valence-electron chi connectivity index (χ4n) is 3.28. The van der Waals surface area contributed by atoms with E-state index in [0.717, 1.165) is 16.1 Å². The minimum absolute atomic E-state index is 0.571. The average Bonchev–Trinajstić information content (AvgIpc) is 2.79. The van der Waals surface area contributed by atoms with Crippen molar-refractivity contribution in [3.8, 4) is 11.5 Å². The lowest BCUT2D eigenvalue weighted by Gasteiger charge is -2.23. The molecule has 30 heavy (non-hydrogen) atoms. The van der Waals surface area contributed by atoms with E-state index in [2.05, 4.69) is 52.5 Å². The van der Waals surface area contributed by atoms with Crippen molar-refractivity contribution in [1.82, 2.24) is 4.72 Å². The van der Waals surface area contributed by atoms with Gasteiger partial charge in [-0.25, -0.2) is 4.99 Å². The molecule has 0 spiro atoms. The third-order valence-corrected chi connectivity index (χ3v) is 5.95. The van der Waals surface area contributed by atoms with Crippen LogP contribution in [0, 0.1) is 0 Å². The molecule has 4 aromatic carbocycles. The molecule has 2 N–H and O–H groups in total. The average molecular weight is 432 g/mol. The molecule has 5 rings (SSSR count). The first-order valence-corrected chi connectivity index (χ1v) is 10.7.